The molecule has 1 aromatic heterocycles. The minimum absolute atomic E-state index is 0.245. The molecule has 1 heterocycles. The van der Waals surface area contributed by atoms with Gasteiger partial charge in [-0.3, -0.25) is 0 Å². The van der Waals surface area contributed by atoms with Crippen molar-refractivity contribution in [3.05, 3.63) is 30.5 Å². The molecule has 0 aliphatic heterocycles. The van der Waals surface area contributed by atoms with Crippen molar-refractivity contribution >= 4 is 16.6 Å². The van der Waals surface area contributed by atoms with Crippen molar-refractivity contribution in [2.75, 3.05) is 19.0 Å². The first-order valence-corrected chi connectivity index (χ1v) is 6.17. The number of nitrogens with zero attached hydrogens (tertiary/aromatic N) is 1. The van der Waals surface area contributed by atoms with Crippen molar-refractivity contribution in [2.24, 2.45) is 5.73 Å². The molecule has 2 aromatic rings. The van der Waals surface area contributed by atoms with Crippen LogP contribution >= 0.6 is 0 Å². The highest BCUT2D eigenvalue weighted by molar-refractivity contribution is 5.92. The average molecular weight is 245 g/mol. The highest BCUT2D eigenvalue weighted by atomic mass is 16.5. The SMILES string of the molecule is CCC(CN)Nc1nccc2ccc(OC)cc12. The van der Waals surface area contributed by atoms with E-state index in [4.69, 9.17) is 10.5 Å². The number of anilines is 1. The van der Waals surface area contributed by atoms with Gasteiger partial charge in [0.05, 0.1) is 7.11 Å². The largest absolute Gasteiger partial charge is 0.497 e. The van der Waals surface area contributed by atoms with Gasteiger partial charge in [-0.2, -0.15) is 0 Å². The van der Waals surface area contributed by atoms with Crippen molar-refractivity contribution in [2.45, 2.75) is 19.4 Å². The van der Waals surface area contributed by atoms with Gasteiger partial charge in [-0.1, -0.05) is 13.0 Å². The third kappa shape index (κ3) is 2.54. The lowest BCUT2D eigenvalue weighted by Gasteiger charge is -2.17. The van der Waals surface area contributed by atoms with E-state index < -0.39 is 0 Å². The fraction of sp³-hybridized carbons (Fsp3) is 0.357. The number of fused-ring (bicyclic) bond motifs is 1. The van der Waals surface area contributed by atoms with E-state index in [1.807, 2.05) is 24.3 Å². The molecular formula is C14H19N3O. The summed E-state index contributed by atoms with van der Waals surface area (Å²) in [7, 11) is 1.67. The summed E-state index contributed by atoms with van der Waals surface area (Å²) in [5.41, 5.74) is 5.72. The van der Waals surface area contributed by atoms with Crippen LogP contribution in [0.4, 0.5) is 5.82 Å². The Bertz CT molecular complexity index is 523. The van der Waals surface area contributed by atoms with Crippen LogP contribution in [0.15, 0.2) is 30.5 Å². The van der Waals surface area contributed by atoms with Crippen LogP contribution in [0.25, 0.3) is 10.8 Å². The van der Waals surface area contributed by atoms with Crippen LogP contribution in [-0.4, -0.2) is 24.7 Å². The minimum atomic E-state index is 0.245. The molecular weight excluding hydrogens is 226 g/mol. The number of pyridine rings is 1. The number of hydrogen-bond donors (Lipinski definition) is 2. The fourth-order valence-electron chi connectivity index (χ4n) is 1.91. The topological polar surface area (TPSA) is 60.2 Å². The molecule has 0 fully saturated rings. The summed E-state index contributed by atoms with van der Waals surface area (Å²) in [5.74, 6) is 1.70. The second-order valence-corrected chi connectivity index (χ2v) is 4.23. The Balaban J connectivity index is 2.42. The molecule has 0 spiro atoms. The van der Waals surface area contributed by atoms with Crippen LogP contribution in [0.5, 0.6) is 5.75 Å². The van der Waals surface area contributed by atoms with Gasteiger partial charge in [0.15, 0.2) is 0 Å². The van der Waals surface area contributed by atoms with Crippen molar-refractivity contribution in [1.82, 2.24) is 4.98 Å². The Hall–Kier alpha value is -1.81. The highest BCUT2D eigenvalue weighted by Gasteiger charge is 2.08. The second-order valence-electron chi connectivity index (χ2n) is 4.23. The van der Waals surface area contributed by atoms with Crippen LogP contribution in [0, 0.1) is 0 Å². The first kappa shape index (κ1) is 12.6. The van der Waals surface area contributed by atoms with Crippen LogP contribution in [0.2, 0.25) is 0 Å². The third-order valence-electron chi connectivity index (χ3n) is 3.09. The van der Waals surface area contributed by atoms with Crippen molar-refractivity contribution in [1.29, 1.82) is 0 Å². The Morgan fingerprint density at radius 3 is 2.89 bits per heavy atom. The van der Waals surface area contributed by atoms with E-state index in [-0.39, 0.29) is 6.04 Å². The number of hydrogen-bond acceptors (Lipinski definition) is 4. The Morgan fingerprint density at radius 1 is 1.39 bits per heavy atom. The first-order chi connectivity index (χ1) is 8.78. The first-order valence-electron chi connectivity index (χ1n) is 6.17. The van der Waals surface area contributed by atoms with Gasteiger partial charge < -0.3 is 15.8 Å². The molecule has 0 bridgehead atoms. The zero-order valence-electron chi connectivity index (χ0n) is 10.8. The molecule has 4 nitrogen and oxygen atoms in total. The van der Waals surface area contributed by atoms with Gasteiger partial charge in [0.1, 0.15) is 11.6 Å². The zero-order valence-corrected chi connectivity index (χ0v) is 10.8. The second kappa shape index (κ2) is 5.69. The van der Waals surface area contributed by atoms with Crippen LogP contribution < -0.4 is 15.8 Å². The molecule has 0 amide bonds. The summed E-state index contributed by atoms with van der Waals surface area (Å²) in [6.07, 6.45) is 2.78. The third-order valence-corrected chi connectivity index (χ3v) is 3.09. The van der Waals surface area contributed by atoms with Crippen molar-refractivity contribution in [3.8, 4) is 5.75 Å². The van der Waals surface area contributed by atoms with Gasteiger partial charge in [-0.05, 0) is 30.0 Å². The number of aromatic nitrogens is 1. The maximum absolute atomic E-state index is 5.72. The predicted molar refractivity (Wildman–Crippen MR) is 75.1 cm³/mol. The van der Waals surface area contributed by atoms with Crippen molar-refractivity contribution in [3.63, 3.8) is 0 Å². The average Bonchev–Trinajstić information content (AvgIpc) is 2.44. The molecule has 96 valence electrons. The lowest BCUT2D eigenvalue weighted by molar-refractivity contribution is 0.415. The number of nitrogens with two attached hydrogens (primary N) is 1. The zero-order chi connectivity index (χ0) is 13.0. The van der Waals surface area contributed by atoms with Gasteiger partial charge in [-0.25, -0.2) is 4.98 Å². The number of benzene rings is 1. The number of nitrogens with one attached hydrogen (secondary N) is 1. The van der Waals surface area contributed by atoms with Gasteiger partial charge in [-0.15, -0.1) is 0 Å². The summed E-state index contributed by atoms with van der Waals surface area (Å²) in [6, 6.07) is 8.21. The summed E-state index contributed by atoms with van der Waals surface area (Å²) in [4.78, 5) is 4.40. The van der Waals surface area contributed by atoms with E-state index >= 15 is 0 Å². The maximum Gasteiger partial charge on any atom is 0.134 e. The normalized spacial score (nSPS) is 12.4. The lowest BCUT2D eigenvalue weighted by Crippen LogP contribution is -2.28. The van der Waals surface area contributed by atoms with Gasteiger partial charge in [0.25, 0.3) is 0 Å². The maximum atomic E-state index is 5.72. The molecule has 1 atom stereocenters. The van der Waals surface area contributed by atoms with E-state index in [2.05, 4.69) is 17.2 Å². The molecule has 1 aromatic carbocycles. The highest BCUT2D eigenvalue weighted by Crippen LogP contribution is 2.26. The Labute approximate surface area is 107 Å². The Kier molecular flexibility index (Phi) is 3.99. The van der Waals surface area contributed by atoms with Gasteiger partial charge in [0.2, 0.25) is 0 Å². The van der Waals surface area contributed by atoms with Crippen LogP contribution in [-0.2, 0) is 0 Å². The van der Waals surface area contributed by atoms with E-state index in [9.17, 15) is 0 Å². The number of rotatable bonds is 5. The summed E-state index contributed by atoms with van der Waals surface area (Å²) in [5, 5.41) is 5.58. The van der Waals surface area contributed by atoms with Gasteiger partial charge >= 0.3 is 0 Å². The number of ether oxygens (including phenoxy) is 1. The molecule has 1 unspecified atom stereocenters. The predicted octanol–water partition coefficient (Wildman–Crippen LogP) is 2.39. The summed E-state index contributed by atoms with van der Waals surface area (Å²) >= 11 is 0. The molecule has 0 saturated carbocycles. The summed E-state index contributed by atoms with van der Waals surface area (Å²) in [6.45, 7) is 2.70. The van der Waals surface area contributed by atoms with E-state index in [1.54, 1.807) is 13.3 Å². The number of methoxy groups -OCH3 is 1. The molecule has 0 radical (unpaired) electrons. The molecule has 0 aliphatic carbocycles. The Morgan fingerprint density at radius 2 is 2.22 bits per heavy atom. The standard InChI is InChI=1S/C14H19N3O/c1-3-11(9-15)17-14-13-8-12(18-2)5-4-10(13)6-7-16-14/h4-8,11H,3,9,15H2,1-2H3,(H,16,17). The minimum Gasteiger partial charge on any atom is -0.497 e. The smallest absolute Gasteiger partial charge is 0.134 e. The van der Waals surface area contributed by atoms with E-state index in [1.165, 1.54) is 0 Å². The summed E-state index contributed by atoms with van der Waals surface area (Å²) < 4.78 is 5.25. The van der Waals surface area contributed by atoms with Crippen LogP contribution in [0.3, 0.4) is 0 Å². The lowest BCUT2D eigenvalue weighted by atomic mass is 10.1. The van der Waals surface area contributed by atoms with Crippen molar-refractivity contribution < 1.29 is 4.74 Å². The van der Waals surface area contributed by atoms with Crippen LogP contribution in [0.1, 0.15) is 13.3 Å². The monoisotopic (exact) mass is 245 g/mol. The quantitative estimate of drug-likeness (QED) is 0.849. The van der Waals surface area contributed by atoms with E-state index in [0.29, 0.717) is 6.54 Å². The van der Waals surface area contributed by atoms with Gasteiger partial charge in [0, 0.05) is 24.2 Å². The molecule has 0 aliphatic rings. The molecule has 4 heteroatoms. The fourth-order valence-corrected chi connectivity index (χ4v) is 1.91. The van der Waals surface area contributed by atoms with E-state index in [0.717, 1.165) is 28.8 Å². The molecule has 18 heavy (non-hydrogen) atoms. The molecule has 0 saturated heterocycles. The molecule has 3 N–H and O–H groups in total. The molecule has 2 rings (SSSR count).